The fourth-order valence-electron chi connectivity index (χ4n) is 1.52. The number of hydrogen-bond donors (Lipinski definition) is 1. The highest BCUT2D eigenvalue weighted by atomic mass is 32.2. The van der Waals surface area contributed by atoms with E-state index in [9.17, 15) is 4.21 Å². The van der Waals surface area contributed by atoms with Crippen molar-refractivity contribution in [1.82, 2.24) is 0 Å². The second-order valence-corrected chi connectivity index (χ2v) is 5.21. The third kappa shape index (κ3) is 4.46. The minimum atomic E-state index is -0.896. The fourth-order valence-corrected chi connectivity index (χ4v) is 2.56. The van der Waals surface area contributed by atoms with E-state index in [1.54, 1.807) is 14.2 Å². The molecule has 0 saturated heterocycles. The van der Waals surface area contributed by atoms with Crippen molar-refractivity contribution in [3.05, 3.63) is 29.3 Å². The number of rotatable bonds is 7. The molecule has 0 saturated carbocycles. The van der Waals surface area contributed by atoms with Crippen LogP contribution in [0, 0.1) is 0 Å². The quantitative estimate of drug-likeness (QED) is 0.793. The van der Waals surface area contributed by atoms with Gasteiger partial charge in [0.2, 0.25) is 0 Å². The van der Waals surface area contributed by atoms with Gasteiger partial charge < -0.3 is 15.2 Å². The van der Waals surface area contributed by atoms with Crippen LogP contribution in [0.2, 0.25) is 0 Å². The Morgan fingerprint density at radius 1 is 1.35 bits per heavy atom. The van der Waals surface area contributed by atoms with E-state index in [1.165, 1.54) is 0 Å². The van der Waals surface area contributed by atoms with Gasteiger partial charge >= 0.3 is 0 Å². The zero-order valence-electron chi connectivity index (χ0n) is 10.3. The fraction of sp³-hybridized carbons (Fsp3) is 0.500. The lowest BCUT2D eigenvalue weighted by Crippen LogP contribution is -2.07. The third-order valence-electron chi connectivity index (χ3n) is 2.41. The topological polar surface area (TPSA) is 61.5 Å². The predicted molar refractivity (Wildman–Crippen MR) is 69.5 cm³/mol. The van der Waals surface area contributed by atoms with Crippen molar-refractivity contribution in [2.24, 2.45) is 5.73 Å². The summed E-state index contributed by atoms with van der Waals surface area (Å²) in [4.78, 5) is 0. The summed E-state index contributed by atoms with van der Waals surface area (Å²) in [6.07, 6.45) is 0. The third-order valence-corrected chi connectivity index (χ3v) is 3.68. The van der Waals surface area contributed by atoms with Gasteiger partial charge in [-0.15, -0.1) is 0 Å². The van der Waals surface area contributed by atoms with Crippen molar-refractivity contribution in [2.45, 2.75) is 12.3 Å². The lowest BCUT2D eigenvalue weighted by molar-refractivity contribution is 0.218. The molecule has 0 heterocycles. The molecule has 17 heavy (non-hydrogen) atoms. The summed E-state index contributed by atoms with van der Waals surface area (Å²) in [6, 6.07) is 5.73. The highest BCUT2D eigenvalue weighted by Gasteiger charge is 2.06. The highest BCUT2D eigenvalue weighted by Crippen LogP contribution is 2.20. The van der Waals surface area contributed by atoms with E-state index >= 15 is 0 Å². The minimum absolute atomic E-state index is 0.418. The van der Waals surface area contributed by atoms with Gasteiger partial charge in [0.15, 0.2) is 0 Å². The molecular weight excluding hydrogens is 238 g/mol. The summed E-state index contributed by atoms with van der Waals surface area (Å²) in [5.41, 5.74) is 7.58. The normalized spacial score (nSPS) is 12.4. The van der Waals surface area contributed by atoms with Crippen LogP contribution >= 0.6 is 0 Å². The first-order chi connectivity index (χ1) is 8.21. The molecule has 0 aliphatic heterocycles. The van der Waals surface area contributed by atoms with Gasteiger partial charge in [0, 0.05) is 41.5 Å². The van der Waals surface area contributed by atoms with E-state index in [4.69, 9.17) is 15.2 Å². The molecule has 1 rings (SSSR count). The van der Waals surface area contributed by atoms with Gasteiger partial charge in [0.1, 0.15) is 5.75 Å². The summed E-state index contributed by atoms with van der Waals surface area (Å²) in [5, 5.41) is 0. The number of ether oxygens (including phenoxy) is 2. The maximum absolute atomic E-state index is 11.7. The first kappa shape index (κ1) is 14.2. The van der Waals surface area contributed by atoms with Crippen LogP contribution in [0.3, 0.4) is 0 Å². The van der Waals surface area contributed by atoms with E-state index in [1.807, 2.05) is 18.2 Å². The van der Waals surface area contributed by atoms with Gasteiger partial charge in [-0.25, -0.2) is 0 Å². The smallest absolute Gasteiger partial charge is 0.123 e. The minimum Gasteiger partial charge on any atom is -0.496 e. The maximum Gasteiger partial charge on any atom is 0.123 e. The number of nitrogens with two attached hydrogens (primary N) is 1. The second-order valence-electron chi connectivity index (χ2n) is 3.63. The molecule has 0 bridgehead atoms. The van der Waals surface area contributed by atoms with Crippen molar-refractivity contribution < 1.29 is 13.7 Å². The van der Waals surface area contributed by atoms with Crippen LogP contribution < -0.4 is 10.5 Å². The van der Waals surface area contributed by atoms with Crippen LogP contribution in [0.4, 0.5) is 0 Å². The lowest BCUT2D eigenvalue weighted by Gasteiger charge is -2.09. The molecule has 0 amide bonds. The van der Waals surface area contributed by atoms with Crippen LogP contribution in [-0.2, 0) is 27.8 Å². The van der Waals surface area contributed by atoms with Crippen LogP contribution in [0.1, 0.15) is 11.1 Å². The molecule has 0 radical (unpaired) electrons. The Hall–Kier alpha value is -0.910. The van der Waals surface area contributed by atoms with E-state index < -0.39 is 10.8 Å². The number of hydrogen-bond acceptors (Lipinski definition) is 4. The standard InChI is InChI=1S/C12H19NO3S/c1-15-5-6-17(14)9-10-3-4-12(16-2)11(7-10)8-13/h3-4,7H,5-6,8-9,13H2,1-2H3. The monoisotopic (exact) mass is 257 g/mol. The van der Waals surface area contributed by atoms with Crippen molar-refractivity contribution >= 4 is 10.8 Å². The molecule has 1 unspecified atom stereocenters. The average molecular weight is 257 g/mol. The molecule has 0 fully saturated rings. The van der Waals surface area contributed by atoms with Gasteiger partial charge in [0.25, 0.3) is 0 Å². The second kappa shape index (κ2) is 7.42. The first-order valence-electron chi connectivity index (χ1n) is 5.41. The highest BCUT2D eigenvalue weighted by molar-refractivity contribution is 7.84. The summed E-state index contributed by atoms with van der Waals surface area (Å²) in [5.74, 6) is 1.86. The van der Waals surface area contributed by atoms with Crippen molar-refractivity contribution in [2.75, 3.05) is 26.6 Å². The predicted octanol–water partition coefficient (Wildman–Crippen LogP) is 1.05. The SMILES string of the molecule is COCCS(=O)Cc1ccc(OC)c(CN)c1. The van der Waals surface area contributed by atoms with Crippen LogP contribution in [0.25, 0.3) is 0 Å². The van der Waals surface area contributed by atoms with Gasteiger partial charge in [-0.3, -0.25) is 4.21 Å². The molecule has 0 spiro atoms. The lowest BCUT2D eigenvalue weighted by atomic mass is 10.1. The van der Waals surface area contributed by atoms with Crippen LogP contribution in [0.5, 0.6) is 5.75 Å². The molecule has 96 valence electrons. The molecule has 2 N–H and O–H groups in total. The zero-order chi connectivity index (χ0) is 12.7. The number of benzene rings is 1. The molecule has 0 aliphatic rings. The van der Waals surface area contributed by atoms with Gasteiger partial charge in [-0.05, 0) is 17.7 Å². The van der Waals surface area contributed by atoms with Crippen molar-refractivity contribution in [3.8, 4) is 5.75 Å². The van der Waals surface area contributed by atoms with Crippen molar-refractivity contribution in [3.63, 3.8) is 0 Å². The largest absolute Gasteiger partial charge is 0.496 e. The molecule has 4 nitrogen and oxygen atoms in total. The molecule has 1 atom stereocenters. The molecule has 1 aromatic carbocycles. The van der Waals surface area contributed by atoms with E-state index in [0.29, 0.717) is 24.7 Å². The molecule has 0 aliphatic carbocycles. The Bertz CT molecular complexity index is 382. The Labute approximate surface area is 105 Å². The Morgan fingerprint density at radius 2 is 2.12 bits per heavy atom. The summed E-state index contributed by atoms with van der Waals surface area (Å²) in [7, 11) is 2.33. The molecule has 1 aromatic rings. The van der Waals surface area contributed by atoms with Crippen LogP contribution in [-0.4, -0.2) is 30.8 Å². The van der Waals surface area contributed by atoms with Gasteiger partial charge in [0.05, 0.1) is 13.7 Å². The van der Waals surface area contributed by atoms with E-state index in [-0.39, 0.29) is 0 Å². The summed E-state index contributed by atoms with van der Waals surface area (Å²) < 4.78 is 21.8. The Morgan fingerprint density at radius 3 is 2.71 bits per heavy atom. The van der Waals surface area contributed by atoms with Crippen LogP contribution in [0.15, 0.2) is 18.2 Å². The Balaban J connectivity index is 2.68. The van der Waals surface area contributed by atoms with Gasteiger partial charge in [-0.1, -0.05) is 6.07 Å². The summed E-state index contributed by atoms with van der Waals surface area (Å²) in [6.45, 7) is 0.939. The Kier molecular flexibility index (Phi) is 6.18. The average Bonchev–Trinajstić information content (AvgIpc) is 2.36. The molecule has 5 heteroatoms. The van der Waals surface area contributed by atoms with Gasteiger partial charge in [-0.2, -0.15) is 0 Å². The molecular formula is C12H19NO3S. The number of methoxy groups -OCH3 is 2. The zero-order valence-corrected chi connectivity index (χ0v) is 11.1. The van der Waals surface area contributed by atoms with Crippen molar-refractivity contribution in [1.29, 1.82) is 0 Å². The molecule has 0 aromatic heterocycles. The first-order valence-corrected chi connectivity index (χ1v) is 6.89. The van der Waals surface area contributed by atoms with E-state index in [0.717, 1.165) is 16.9 Å². The van der Waals surface area contributed by atoms with E-state index in [2.05, 4.69) is 0 Å². The maximum atomic E-state index is 11.7. The summed E-state index contributed by atoms with van der Waals surface area (Å²) >= 11 is 0.